The molecule has 0 aromatic heterocycles. The Balaban J connectivity index is 1.99. The molecule has 0 bridgehead atoms. The molecule has 5 nitrogen and oxygen atoms in total. The Morgan fingerprint density at radius 3 is 2.86 bits per heavy atom. The van der Waals surface area contributed by atoms with Gasteiger partial charge in [0.05, 0.1) is 11.0 Å². The molecule has 21 heavy (non-hydrogen) atoms. The van der Waals surface area contributed by atoms with Gasteiger partial charge in [-0.25, -0.2) is 4.39 Å². The molecule has 3 rings (SSSR count). The highest BCUT2D eigenvalue weighted by Gasteiger charge is 2.24. The van der Waals surface area contributed by atoms with E-state index in [4.69, 9.17) is 5.73 Å². The molecule has 0 radical (unpaired) electrons. The minimum Gasteiger partial charge on any atom is -0.398 e. The van der Waals surface area contributed by atoms with Gasteiger partial charge in [0.15, 0.2) is 0 Å². The number of fused-ring (bicyclic) bond motifs is 1. The minimum atomic E-state index is -0.605. The Hall–Kier alpha value is -2.63. The fourth-order valence-electron chi connectivity index (χ4n) is 2.75. The summed E-state index contributed by atoms with van der Waals surface area (Å²) in [6, 6.07) is 9.37. The Morgan fingerprint density at radius 2 is 2.10 bits per heavy atom. The van der Waals surface area contributed by atoms with Crippen molar-refractivity contribution in [1.82, 2.24) is 0 Å². The third-order valence-corrected chi connectivity index (χ3v) is 3.78. The van der Waals surface area contributed by atoms with Gasteiger partial charge in [0.1, 0.15) is 11.5 Å². The molecule has 0 fully saturated rings. The summed E-state index contributed by atoms with van der Waals surface area (Å²) in [4.78, 5) is 12.4. The van der Waals surface area contributed by atoms with Crippen LogP contribution in [0, 0.1) is 15.9 Å². The van der Waals surface area contributed by atoms with Crippen molar-refractivity contribution in [2.75, 3.05) is 17.2 Å². The van der Waals surface area contributed by atoms with Gasteiger partial charge in [0.25, 0.3) is 5.69 Å². The number of benzene rings is 2. The number of rotatable bonds is 2. The minimum absolute atomic E-state index is 0.206. The van der Waals surface area contributed by atoms with E-state index in [0.717, 1.165) is 29.3 Å². The second-order valence-electron chi connectivity index (χ2n) is 5.05. The van der Waals surface area contributed by atoms with Gasteiger partial charge in [0, 0.05) is 18.8 Å². The van der Waals surface area contributed by atoms with E-state index < -0.39 is 10.7 Å². The van der Waals surface area contributed by atoms with E-state index in [1.807, 2.05) is 23.1 Å². The molecule has 6 heteroatoms. The first-order valence-electron chi connectivity index (χ1n) is 6.61. The van der Waals surface area contributed by atoms with Crippen LogP contribution in [0.5, 0.6) is 0 Å². The average Bonchev–Trinajstić information content (AvgIpc) is 2.47. The molecule has 108 valence electrons. The number of halogens is 1. The van der Waals surface area contributed by atoms with Crippen molar-refractivity contribution in [2.24, 2.45) is 0 Å². The van der Waals surface area contributed by atoms with Crippen LogP contribution < -0.4 is 10.6 Å². The maximum atomic E-state index is 13.2. The second kappa shape index (κ2) is 5.05. The van der Waals surface area contributed by atoms with Crippen LogP contribution in [-0.4, -0.2) is 11.5 Å². The lowest BCUT2D eigenvalue weighted by atomic mass is 9.97. The standard InChI is InChI=1S/C15H14FN3O2/c16-11-4-5-14(15(8-11)19(20)21)18-7-6-12-10(9-18)2-1-3-13(12)17/h1-5,8H,6-7,9,17H2. The molecule has 1 heterocycles. The molecular weight excluding hydrogens is 273 g/mol. The predicted octanol–water partition coefficient (Wildman–Crippen LogP) is 2.88. The van der Waals surface area contributed by atoms with Crippen LogP contribution in [0.1, 0.15) is 11.1 Å². The van der Waals surface area contributed by atoms with Gasteiger partial charge in [0.2, 0.25) is 0 Å². The van der Waals surface area contributed by atoms with E-state index >= 15 is 0 Å². The predicted molar refractivity (Wildman–Crippen MR) is 78.7 cm³/mol. The van der Waals surface area contributed by atoms with E-state index in [1.54, 1.807) is 0 Å². The van der Waals surface area contributed by atoms with E-state index in [2.05, 4.69) is 0 Å². The van der Waals surface area contributed by atoms with Crippen LogP contribution >= 0.6 is 0 Å². The van der Waals surface area contributed by atoms with E-state index in [1.165, 1.54) is 12.1 Å². The maximum Gasteiger partial charge on any atom is 0.295 e. The Kier molecular flexibility index (Phi) is 3.21. The van der Waals surface area contributed by atoms with Gasteiger partial charge in [-0.3, -0.25) is 10.1 Å². The topological polar surface area (TPSA) is 72.4 Å². The molecule has 2 aromatic rings. The lowest BCUT2D eigenvalue weighted by molar-refractivity contribution is -0.384. The number of hydrogen-bond donors (Lipinski definition) is 1. The molecule has 0 atom stereocenters. The van der Waals surface area contributed by atoms with Crippen LogP contribution in [0.4, 0.5) is 21.5 Å². The van der Waals surface area contributed by atoms with Crippen LogP contribution in [0.2, 0.25) is 0 Å². The van der Waals surface area contributed by atoms with Crippen molar-refractivity contribution in [3.05, 3.63) is 63.5 Å². The van der Waals surface area contributed by atoms with Gasteiger partial charge in [-0.05, 0) is 35.7 Å². The summed E-state index contributed by atoms with van der Waals surface area (Å²) in [6.07, 6.45) is 0.719. The average molecular weight is 287 g/mol. The first-order valence-corrected chi connectivity index (χ1v) is 6.61. The fourth-order valence-corrected chi connectivity index (χ4v) is 2.75. The summed E-state index contributed by atoms with van der Waals surface area (Å²) in [6.45, 7) is 1.15. The van der Waals surface area contributed by atoms with Crippen LogP contribution in [0.25, 0.3) is 0 Å². The molecule has 0 aliphatic carbocycles. The number of nitrogen functional groups attached to an aromatic ring is 1. The van der Waals surface area contributed by atoms with Gasteiger partial charge >= 0.3 is 0 Å². The molecule has 2 N–H and O–H groups in total. The number of nitrogens with zero attached hydrogens (tertiary/aromatic N) is 2. The number of hydrogen-bond acceptors (Lipinski definition) is 4. The normalized spacial score (nSPS) is 13.9. The highest BCUT2D eigenvalue weighted by atomic mass is 19.1. The Labute approximate surface area is 120 Å². The molecule has 0 spiro atoms. The Morgan fingerprint density at radius 1 is 1.29 bits per heavy atom. The van der Waals surface area contributed by atoms with Crippen molar-refractivity contribution < 1.29 is 9.31 Å². The molecule has 2 aromatic carbocycles. The highest BCUT2D eigenvalue weighted by Crippen LogP contribution is 2.33. The largest absolute Gasteiger partial charge is 0.398 e. The summed E-state index contributed by atoms with van der Waals surface area (Å²) in [5, 5.41) is 11.1. The zero-order valence-corrected chi connectivity index (χ0v) is 11.3. The first kappa shape index (κ1) is 13.4. The van der Waals surface area contributed by atoms with Crippen molar-refractivity contribution >= 4 is 17.1 Å². The molecule has 0 saturated heterocycles. The van der Waals surface area contributed by atoms with Gasteiger partial charge < -0.3 is 10.6 Å². The highest BCUT2D eigenvalue weighted by molar-refractivity contribution is 5.65. The van der Waals surface area contributed by atoms with Gasteiger partial charge in [-0.1, -0.05) is 12.1 Å². The first-order chi connectivity index (χ1) is 10.1. The van der Waals surface area contributed by atoms with Crippen molar-refractivity contribution in [3.8, 4) is 0 Å². The number of nitrogens with two attached hydrogens (primary N) is 1. The Bertz CT molecular complexity index is 718. The molecule has 1 aliphatic rings. The maximum absolute atomic E-state index is 13.2. The molecule has 1 aliphatic heterocycles. The third kappa shape index (κ3) is 2.40. The SMILES string of the molecule is Nc1cccc2c1CCN(c1ccc(F)cc1[N+](=O)[O-])C2. The van der Waals surface area contributed by atoms with Crippen LogP contribution in [0.15, 0.2) is 36.4 Å². The van der Waals surface area contributed by atoms with E-state index in [-0.39, 0.29) is 5.69 Å². The zero-order valence-electron chi connectivity index (χ0n) is 11.3. The lowest BCUT2D eigenvalue weighted by Crippen LogP contribution is -2.31. The number of nitro groups is 1. The molecule has 0 amide bonds. The summed E-state index contributed by atoms with van der Waals surface area (Å²) in [7, 11) is 0. The van der Waals surface area contributed by atoms with Crippen LogP contribution in [0.3, 0.4) is 0 Å². The third-order valence-electron chi connectivity index (χ3n) is 3.78. The van der Waals surface area contributed by atoms with E-state index in [9.17, 15) is 14.5 Å². The second-order valence-corrected chi connectivity index (χ2v) is 5.05. The van der Waals surface area contributed by atoms with Gasteiger partial charge in [-0.15, -0.1) is 0 Å². The summed E-state index contributed by atoms with van der Waals surface area (Å²) < 4.78 is 13.2. The quantitative estimate of drug-likeness (QED) is 0.523. The number of anilines is 2. The van der Waals surface area contributed by atoms with Crippen molar-refractivity contribution in [1.29, 1.82) is 0 Å². The number of nitro benzene ring substituents is 1. The van der Waals surface area contributed by atoms with Crippen LogP contribution in [-0.2, 0) is 13.0 Å². The van der Waals surface area contributed by atoms with Crippen molar-refractivity contribution in [2.45, 2.75) is 13.0 Å². The zero-order chi connectivity index (χ0) is 15.0. The monoisotopic (exact) mass is 287 g/mol. The smallest absolute Gasteiger partial charge is 0.295 e. The fraction of sp³-hybridized carbons (Fsp3) is 0.200. The lowest BCUT2D eigenvalue weighted by Gasteiger charge is -2.31. The van der Waals surface area contributed by atoms with Gasteiger partial charge in [-0.2, -0.15) is 0 Å². The van der Waals surface area contributed by atoms with Crippen molar-refractivity contribution in [3.63, 3.8) is 0 Å². The molecule has 0 unspecified atom stereocenters. The molecule has 0 saturated carbocycles. The summed E-state index contributed by atoms with van der Waals surface area (Å²) in [5.41, 5.74) is 9.08. The van der Waals surface area contributed by atoms with E-state index in [0.29, 0.717) is 18.8 Å². The summed E-state index contributed by atoms with van der Waals surface area (Å²) in [5.74, 6) is -0.605. The molecular formula is C15H14FN3O2. The summed E-state index contributed by atoms with van der Waals surface area (Å²) >= 11 is 0.